The number of carbonyl (C=O) groups is 1. The predicted molar refractivity (Wildman–Crippen MR) is 67.3 cm³/mol. The molecule has 0 radical (unpaired) electrons. The molecule has 1 aromatic heterocycles. The lowest BCUT2D eigenvalue weighted by Crippen LogP contribution is -2.22. The van der Waals surface area contributed by atoms with Crippen LogP contribution in [-0.4, -0.2) is 34.1 Å². The van der Waals surface area contributed by atoms with Gasteiger partial charge in [-0.05, 0) is 18.7 Å². The first-order valence-corrected chi connectivity index (χ1v) is 6.51. The van der Waals surface area contributed by atoms with E-state index in [-0.39, 0.29) is 11.6 Å². The number of aromatic nitrogens is 1. The van der Waals surface area contributed by atoms with E-state index in [1.165, 1.54) is 12.3 Å². The Bertz CT molecular complexity index is 358. The molecule has 0 amide bonds. The molecule has 2 N–H and O–H groups in total. The Hall–Kier alpha value is -1.23. The predicted octanol–water partition coefficient (Wildman–Crippen LogP) is 2.33. The molecule has 5 heteroatoms. The summed E-state index contributed by atoms with van der Waals surface area (Å²) in [4.78, 5) is 14.9. The van der Waals surface area contributed by atoms with E-state index in [0.29, 0.717) is 5.69 Å². The molecule has 4 nitrogen and oxygen atoms in total. The standard InChI is InChI=1S/C11H16N2O2S/c1-3-8(7-16-2)13-10-6-12-5-4-9(10)11(14)15/h4-6,8,13H,3,7H2,1-2H3,(H,14,15). The molecule has 88 valence electrons. The third kappa shape index (κ3) is 3.41. The molecule has 0 aliphatic carbocycles. The van der Waals surface area contributed by atoms with Crippen LogP contribution >= 0.6 is 11.8 Å². The highest BCUT2D eigenvalue weighted by molar-refractivity contribution is 7.98. The molecule has 0 saturated heterocycles. The van der Waals surface area contributed by atoms with Crippen molar-refractivity contribution in [3.8, 4) is 0 Å². The highest BCUT2D eigenvalue weighted by atomic mass is 32.2. The SMILES string of the molecule is CCC(CSC)Nc1cnccc1C(=O)O. The molecule has 1 heterocycles. The van der Waals surface area contributed by atoms with Crippen LogP contribution in [0.5, 0.6) is 0 Å². The number of nitrogens with one attached hydrogen (secondary N) is 1. The van der Waals surface area contributed by atoms with Crippen molar-refractivity contribution in [3.63, 3.8) is 0 Å². The number of hydrogen-bond donors (Lipinski definition) is 2. The highest BCUT2D eigenvalue weighted by Crippen LogP contribution is 2.16. The van der Waals surface area contributed by atoms with Crippen LogP contribution in [0.4, 0.5) is 5.69 Å². The van der Waals surface area contributed by atoms with Crippen molar-refractivity contribution in [2.24, 2.45) is 0 Å². The number of pyridine rings is 1. The number of rotatable bonds is 6. The van der Waals surface area contributed by atoms with Crippen molar-refractivity contribution in [2.45, 2.75) is 19.4 Å². The number of carboxylic acids is 1. The maximum atomic E-state index is 11.0. The van der Waals surface area contributed by atoms with Gasteiger partial charge < -0.3 is 10.4 Å². The molecule has 1 rings (SSSR count). The van der Waals surface area contributed by atoms with E-state index in [1.807, 2.05) is 6.26 Å². The van der Waals surface area contributed by atoms with Crippen molar-refractivity contribution in [1.29, 1.82) is 0 Å². The van der Waals surface area contributed by atoms with Crippen LogP contribution in [0, 0.1) is 0 Å². The van der Waals surface area contributed by atoms with Gasteiger partial charge in [0, 0.05) is 18.0 Å². The molecule has 0 fully saturated rings. The molecule has 1 atom stereocenters. The number of aromatic carboxylic acids is 1. The van der Waals surface area contributed by atoms with Gasteiger partial charge in [0.15, 0.2) is 0 Å². The monoisotopic (exact) mass is 240 g/mol. The minimum absolute atomic E-state index is 0.273. The number of nitrogens with zero attached hydrogens (tertiary/aromatic N) is 1. The molecule has 0 aliphatic heterocycles. The Morgan fingerprint density at radius 1 is 1.69 bits per heavy atom. The van der Waals surface area contributed by atoms with Gasteiger partial charge >= 0.3 is 5.97 Å². The summed E-state index contributed by atoms with van der Waals surface area (Å²) in [5.41, 5.74) is 0.866. The molecule has 0 saturated carbocycles. The normalized spacial score (nSPS) is 12.1. The Balaban J connectivity index is 2.82. The Labute approximate surface area is 99.5 Å². The second kappa shape index (κ2) is 6.37. The summed E-state index contributed by atoms with van der Waals surface area (Å²) < 4.78 is 0. The average Bonchev–Trinajstić information content (AvgIpc) is 2.29. The number of anilines is 1. The fraction of sp³-hybridized carbons (Fsp3) is 0.455. The zero-order valence-corrected chi connectivity index (χ0v) is 10.3. The zero-order chi connectivity index (χ0) is 12.0. The van der Waals surface area contributed by atoms with Gasteiger partial charge in [-0.15, -0.1) is 0 Å². The highest BCUT2D eigenvalue weighted by Gasteiger charge is 2.12. The lowest BCUT2D eigenvalue weighted by Gasteiger charge is -2.18. The summed E-state index contributed by atoms with van der Waals surface area (Å²) >= 11 is 1.74. The molecular formula is C11H16N2O2S. The van der Waals surface area contributed by atoms with Gasteiger partial charge in [-0.3, -0.25) is 4.98 Å². The Morgan fingerprint density at radius 2 is 2.44 bits per heavy atom. The van der Waals surface area contributed by atoms with E-state index in [1.54, 1.807) is 18.0 Å². The van der Waals surface area contributed by atoms with Gasteiger partial charge in [0.2, 0.25) is 0 Å². The third-order valence-electron chi connectivity index (χ3n) is 2.27. The van der Waals surface area contributed by atoms with Crippen molar-refractivity contribution < 1.29 is 9.90 Å². The first-order chi connectivity index (χ1) is 7.69. The van der Waals surface area contributed by atoms with Crippen molar-refractivity contribution in [3.05, 3.63) is 24.0 Å². The summed E-state index contributed by atoms with van der Waals surface area (Å²) in [6.45, 7) is 2.07. The minimum Gasteiger partial charge on any atom is -0.478 e. The number of carboxylic acid groups (broad SMARTS) is 1. The third-order valence-corrected chi connectivity index (χ3v) is 3.01. The summed E-state index contributed by atoms with van der Waals surface area (Å²) in [5.74, 6) is 0.0219. The van der Waals surface area contributed by atoms with E-state index in [0.717, 1.165) is 12.2 Å². The lowest BCUT2D eigenvalue weighted by atomic mass is 10.2. The molecule has 0 aromatic carbocycles. The summed E-state index contributed by atoms with van der Waals surface area (Å²) in [6, 6.07) is 1.79. The van der Waals surface area contributed by atoms with Gasteiger partial charge in [-0.25, -0.2) is 4.79 Å². The van der Waals surface area contributed by atoms with E-state index in [9.17, 15) is 4.79 Å². The van der Waals surface area contributed by atoms with Gasteiger partial charge in [0.1, 0.15) is 0 Å². The maximum Gasteiger partial charge on any atom is 0.337 e. The fourth-order valence-corrected chi connectivity index (χ4v) is 2.10. The van der Waals surface area contributed by atoms with Gasteiger partial charge in [-0.2, -0.15) is 11.8 Å². The molecule has 1 unspecified atom stereocenters. The maximum absolute atomic E-state index is 11.0. The summed E-state index contributed by atoms with van der Waals surface area (Å²) in [6.07, 6.45) is 6.04. The number of thioether (sulfide) groups is 1. The van der Waals surface area contributed by atoms with Gasteiger partial charge in [-0.1, -0.05) is 6.92 Å². The first kappa shape index (κ1) is 12.8. The zero-order valence-electron chi connectivity index (χ0n) is 9.43. The summed E-state index contributed by atoms with van der Waals surface area (Å²) in [7, 11) is 0. The average molecular weight is 240 g/mol. The quantitative estimate of drug-likeness (QED) is 0.799. The molecule has 16 heavy (non-hydrogen) atoms. The van der Waals surface area contributed by atoms with Crippen molar-refractivity contribution >= 4 is 23.4 Å². The van der Waals surface area contributed by atoms with Crippen LogP contribution in [0.1, 0.15) is 23.7 Å². The lowest BCUT2D eigenvalue weighted by molar-refractivity contribution is 0.0698. The van der Waals surface area contributed by atoms with E-state index in [2.05, 4.69) is 17.2 Å². The van der Waals surface area contributed by atoms with E-state index in [4.69, 9.17) is 5.11 Å². The van der Waals surface area contributed by atoms with Gasteiger partial charge in [0.25, 0.3) is 0 Å². The van der Waals surface area contributed by atoms with Crippen LogP contribution < -0.4 is 5.32 Å². The van der Waals surface area contributed by atoms with Gasteiger partial charge in [0.05, 0.1) is 17.4 Å². The Morgan fingerprint density at radius 3 is 3.00 bits per heavy atom. The van der Waals surface area contributed by atoms with Crippen molar-refractivity contribution in [1.82, 2.24) is 4.98 Å². The van der Waals surface area contributed by atoms with E-state index >= 15 is 0 Å². The van der Waals surface area contributed by atoms with Crippen LogP contribution in [-0.2, 0) is 0 Å². The molecule has 0 aliphatic rings. The topological polar surface area (TPSA) is 62.2 Å². The fourth-order valence-electron chi connectivity index (χ4n) is 1.38. The smallest absolute Gasteiger partial charge is 0.337 e. The first-order valence-electron chi connectivity index (χ1n) is 5.11. The van der Waals surface area contributed by atoms with Crippen LogP contribution in [0.15, 0.2) is 18.5 Å². The van der Waals surface area contributed by atoms with Crippen LogP contribution in [0.3, 0.4) is 0 Å². The second-order valence-electron chi connectivity index (χ2n) is 3.43. The molecular weight excluding hydrogens is 224 g/mol. The number of hydrogen-bond acceptors (Lipinski definition) is 4. The second-order valence-corrected chi connectivity index (χ2v) is 4.34. The minimum atomic E-state index is -0.927. The van der Waals surface area contributed by atoms with E-state index < -0.39 is 5.97 Å². The Kier molecular flexibility index (Phi) is 5.11. The molecule has 0 bridgehead atoms. The summed E-state index contributed by atoms with van der Waals surface area (Å²) in [5, 5.41) is 12.2. The van der Waals surface area contributed by atoms with Crippen LogP contribution in [0.25, 0.3) is 0 Å². The largest absolute Gasteiger partial charge is 0.478 e. The van der Waals surface area contributed by atoms with Crippen molar-refractivity contribution in [2.75, 3.05) is 17.3 Å². The van der Waals surface area contributed by atoms with Crippen LogP contribution in [0.2, 0.25) is 0 Å². The molecule has 1 aromatic rings. The molecule has 0 spiro atoms.